The molecule has 2 rings (SSSR count). The van der Waals surface area contributed by atoms with Crippen molar-refractivity contribution in [3.05, 3.63) is 69.5 Å². The molecule has 0 amide bonds. The van der Waals surface area contributed by atoms with Crippen molar-refractivity contribution in [2.24, 2.45) is 0 Å². The summed E-state index contributed by atoms with van der Waals surface area (Å²) in [4.78, 5) is 22.8. The number of benzene rings is 2. The number of halogens is 1. The number of nitrogens with zero attached hydrogens (tertiary/aromatic N) is 1. The number of non-ortho nitro benzene ring substituents is 1. The van der Waals surface area contributed by atoms with Crippen LogP contribution in [-0.2, 0) is 4.74 Å². The van der Waals surface area contributed by atoms with Crippen molar-refractivity contribution in [2.45, 2.75) is 13.0 Å². The van der Waals surface area contributed by atoms with E-state index >= 15 is 0 Å². The fourth-order valence-corrected chi connectivity index (χ4v) is 2.19. The van der Waals surface area contributed by atoms with Crippen LogP contribution < -0.4 is 5.32 Å². The largest absolute Gasteiger partial charge is 0.454 e. The molecule has 0 radical (unpaired) electrons. The normalized spacial score (nSPS) is 11.6. The molecule has 2 aromatic carbocycles. The van der Waals surface area contributed by atoms with Crippen LogP contribution in [0.4, 0.5) is 15.8 Å². The molecule has 7 nitrogen and oxygen atoms in total. The number of aliphatic hydroxyl groups is 1. The van der Waals surface area contributed by atoms with Crippen molar-refractivity contribution in [3.63, 3.8) is 0 Å². The van der Waals surface area contributed by atoms with Crippen molar-refractivity contribution in [1.82, 2.24) is 0 Å². The van der Waals surface area contributed by atoms with Gasteiger partial charge in [-0.25, -0.2) is 9.18 Å². The maximum absolute atomic E-state index is 13.0. The number of nitro groups is 1. The summed E-state index contributed by atoms with van der Waals surface area (Å²) in [6.07, 6.45) is -0.668. The number of rotatable bonds is 7. The van der Waals surface area contributed by atoms with E-state index in [4.69, 9.17) is 9.84 Å². The second-order valence-electron chi connectivity index (χ2n) is 5.24. The molecule has 0 fully saturated rings. The summed E-state index contributed by atoms with van der Waals surface area (Å²) in [6.45, 7) is 1.62. The number of nitrogens with one attached hydrogen (secondary N) is 1. The van der Waals surface area contributed by atoms with E-state index in [1.807, 2.05) is 0 Å². The Hall–Kier alpha value is -3.00. The third kappa shape index (κ3) is 4.74. The predicted molar refractivity (Wildman–Crippen MR) is 88.9 cm³/mol. The molecule has 0 spiro atoms. The summed E-state index contributed by atoms with van der Waals surface area (Å²) in [5.74, 6) is -1.17. The van der Waals surface area contributed by atoms with Crippen LogP contribution in [0, 0.1) is 15.9 Å². The van der Waals surface area contributed by atoms with Crippen LogP contribution >= 0.6 is 0 Å². The molecule has 0 bridgehead atoms. The van der Waals surface area contributed by atoms with E-state index in [2.05, 4.69) is 5.32 Å². The molecule has 0 aromatic heterocycles. The minimum atomic E-state index is -0.763. The summed E-state index contributed by atoms with van der Waals surface area (Å²) < 4.78 is 18.3. The van der Waals surface area contributed by atoms with Gasteiger partial charge >= 0.3 is 5.97 Å². The van der Waals surface area contributed by atoms with Gasteiger partial charge in [0.1, 0.15) is 11.9 Å². The van der Waals surface area contributed by atoms with Gasteiger partial charge in [0.25, 0.3) is 5.69 Å². The summed E-state index contributed by atoms with van der Waals surface area (Å²) in [6, 6.07) is 9.23. The Bertz CT molecular complexity index is 764. The monoisotopic (exact) mass is 348 g/mol. The molecule has 0 aliphatic rings. The van der Waals surface area contributed by atoms with E-state index in [-0.39, 0.29) is 24.4 Å². The van der Waals surface area contributed by atoms with Gasteiger partial charge in [0, 0.05) is 24.4 Å². The minimum Gasteiger partial charge on any atom is -0.454 e. The highest BCUT2D eigenvalue weighted by Crippen LogP contribution is 2.26. The molecule has 0 saturated heterocycles. The third-order valence-electron chi connectivity index (χ3n) is 3.48. The fraction of sp³-hybridized carbons (Fsp3) is 0.235. The lowest BCUT2D eigenvalue weighted by atomic mass is 10.1. The number of nitro benzene ring substituents is 1. The molecule has 1 atom stereocenters. The molecule has 0 heterocycles. The quantitative estimate of drug-likeness (QED) is 0.453. The van der Waals surface area contributed by atoms with Gasteiger partial charge in [0.05, 0.1) is 17.1 Å². The lowest BCUT2D eigenvalue weighted by molar-refractivity contribution is -0.384. The van der Waals surface area contributed by atoms with Crippen LogP contribution in [0.15, 0.2) is 42.5 Å². The number of carbonyl (C=O) groups excluding carboxylic acids is 1. The molecule has 1 unspecified atom stereocenters. The van der Waals surface area contributed by atoms with Gasteiger partial charge in [-0.3, -0.25) is 10.1 Å². The van der Waals surface area contributed by atoms with Crippen molar-refractivity contribution in [3.8, 4) is 0 Å². The first-order valence-electron chi connectivity index (χ1n) is 7.52. The highest BCUT2D eigenvalue weighted by molar-refractivity contribution is 5.96. The molecule has 0 aliphatic heterocycles. The average Bonchev–Trinajstić information content (AvgIpc) is 2.60. The number of hydrogen-bond acceptors (Lipinski definition) is 6. The number of esters is 1. The van der Waals surface area contributed by atoms with Gasteiger partial charge in [0.15, 0.2) is 0 Å². The molecule has 25 heavy (non-hydrogen) atoms. The molecular weight excluding hydrogens is 331 g/mol. The van der Waals surface area contributed by atoms with E-state index < -0.39 is 22.8 Å². The maximum atomic E-state index is 13.0. The Kier molecular flexibility index (Phi) is 6.02. The number of anilines is 1. The summed E-state index contributed by atoms with van der Waals surface area (Å²) in [7, 11) is 0. The molecule has 0 saturated carbocycles. The first-order chi connectivity index (χ1) is 11.9. The smallest absolute Gasteiger partial charge is 0.341 e. The minimum absolute atomic E-state index is 0.0170. The van der Waals surface area contributed by atoms with Crippen molar-refractivity contribution in [1.29, 1.82) is 0 Å². The van der Waals surface area contributed by atoms with Crippen molar-refractivity contribution in [2.75, 3.05) is 18.5 Å². The topological polar surface area (TPSA) is 102 Å². The van der Waals surface area contributed by atoms with E-state index in [9.17, 15) is 19.3 Å². The van der Waals surface area contributed by atoms with Crippen molar-refractivity contribution >= 4 is 17.3 Å². The standard InChI is InChI=1S/C17H17FN2O5/c1-11(12-2-4-13(18)5-3-12)25-17(22)15-10-14(20(23)24)6-7-16(15)19-8-9-21/h2-7,10-11,19,21H,8-9H2,1H3. The zero-order chi connectivity index (χ0) is 18.4. The number of aliphatic hydroxyl groups excluding tert-OH is 1. The van der Waals surface area contributed by atoms with Crippen LogP contribution in [0.5, 0.6) is 0 Å². The fourth-order valence-electron chi connectivity index (χ4n) is 2.19. The Morgan fingerprint density at radius 3 is 2.60 bits per heavy atom. The van der Waals surface area contributed by atoms with E-state index in [1.165, 1.54) is 36.4 Å². The highest BCUT2D eigenvalue weighted by Gasteiger charge is 2.20. The summed E-state index contributed by atoms with van der Waals surface area (Å²) >= 11 is 0. The first kappa shape index (κ1) is 18.3. The molecular formula is C17H17FN2O5. The van der Waals surface area contributed by atoms with Gasteiger partial charge in [-0.05, 0) is 30.7 Å². The van der Waals surface area contributed by atoms with Crippen LogP contribution in [0.2, 0.25) is 0 Å². The Labute approximate surface area is 143 Å². The van der Waals surface area contributed by atoms with Crippen LogP contribution in [0.25, 0.3) is 0 Å². The molecule has 2 aromatic rings. The lowest BCUT2D eigenvalue weighted by Crippen LogP contribution is -2.14. The first-order valence-corrected chi connectivity index (χ1v) is 7.52. The second-order valence-corrected chi connectivity index (χ2v) is 5.24. The van der Waals surface area contributed by atoms with Gasteiger partial charge in [0.2, 0.25) is 0 Å². The van der Waals surface area contributed by atoms with Gasteiger partial charge in [-0.1, -0.05) is 12.1 Å². The van der Waals surface area contributed by atoms with E-state index in [1.54, 1.807) is 6.92 Å². The summed E-state index contributed by atoms with van der Waals surface area (Å²) in [5, 5.41) is 22.6. The van der Waals surface area contributed by atoms with Gasteiger partial charge in [-0.2, -0.15) is 0 Å². The van der Waals surface area contributed by atoms with Crippen LogP contribution in [0.3, 0.4) is 0 Å². The highest BCUT2D eigenvalue weighted by atomic mass is 19.1. The second kappa shape index (κ2) is 8.20. The Morgan fingerprint density at radius 1 is 1.32 bits per heavy atom. The molecule has 8 heteroatoms. The zero-order valence-corrected chi connectivity index (χ0v) is 13.4. The third-order valence-corrected chi connectivity index (χ3v) is 3.48. The van der Waals surface area contributed by atoms with Crippen LogP contribution in [-0.4, -0.2) is 29.2 Å². The SMILES string of the molecule is CC(OC(=O)c1cc([N+](=O)[O-])ccc1NCCO)c1ccc(F)cc1. The Balaban J connectivity index is 2.24. The van der Waals surface area contributed by atoms with E-state index in [0.29, 0.717) is 11.3 Å². The lowest BCUT2D eigenvalue weighted by Gasteiger charge is -2.16. The van der Waals surface area contributed by atoms with Gasteiger partial charge < -0.3 is 15.2 Å². The number of ether oxygens (including phenoxy) is 1. The molecule has 0 aliphatic carbocycles. The number of hydrogen-bond donors (Lipinski definition) is 2. The maximum Gasteiger partial charge on any atom is 0.341 e. The van der Waals surface area contributed by atoms with Crippen LogP contribution in [0.1, 0.15) is 28.9 Å². The Morgan fingerprint density at radius 2 is 2.00 bits per heavy atom. The predicted octanol–water partition coefficient (Wildman–Crippen LogP) is 3.06. The zero-order valence-electron chi connectivity index (χ0n) is 13.4. The number of carbonyl (C=O) groups is 1. The molecule has 132 valence electrons. The summed E-state index contributed by atoms with van der Waals surface area (Å²) in [5.41, 5.74) is 0.633. The van der Waals surface area contributed by atoms with Gasteiger partial charge in [-0.15, -0.1) is 0 Å². The average molecular weight is 348 g/mol. The van der Waals surface area contributed by atoms with E-state index in [0.717, 1.165) is 6.07 Å². The molecule has 2 N–H and O–H groups in total. The van der Waals surface area contributed by atoms with Crippen molar-refractivity contribution < 1.29 is 24.0 Å².